The summed E-state index contributed by atoms with van der Waals surface area (Å²) in [6.07, 6.45) is 1.79. The van der Waals surface area contributed by atoms with E-state index in [4.69, 9.17) is 30.5 Å². The first-order chi connectivity index (χ1) is 20.8. The highest BCUT2D eigenvalue weighted by molar-refractivity contribution is 7.07. The standard InChI is InChI=1S/C33H31ClN2O6S/c1-5-40-25-14-10-23(11-15-25)30-29(32(38)41-6-2)20(3)35-33-36(30)31(37)28(43-33)18-22-9-16-26(27(17-22)39-4)42-19-21-7-12-24(34)13-8-21/h7-18,30H,5-6,19H2,1-4H3/b28-18-/t30-/m0/s1. The molecule has 4 aromatic rings. The minimum atomic E-state index is -0.702. The number of carbonyl (C=O) groups is 1. The predicted octanol–water partition coefficient (Wildman–Crippen LogP) is 5.44. The van der Waals surface area contributed by atoms with E-state index < -0.39 is 12.0 Å². The van der Waals surface area contributed by atoms with Crippen molar-refractivity contribution in [3.63, 3.8) is 0 Å². The maximum Gasteiger partial charge on any atom is 0.338 e. The molecule has 0 saturated carbocycles. The van der Waals surface area contributed by atoms with Crippen LogP contribution in [0.3, 0.4) is 0 Å². The third-order valence-corrected chi connectivity index (χ3v) is 8.05. The van der Waals surface area contributed by atoms with Crippen LogP contribution in [0.5, 0.6) is 17.2 Å². The summed E-state index contributed by atoms with van der Waals surface area (Å²) >= 11 is 7.24. The number of hydrogen-bond donors (Lipinski definition) is 0. The molecule has 1 aliphatic rings. The van der Waals surface area contributed by atoms with Crippen LogP contribution in [-0.2, 0) is 16.1 Å². The highest BCUT2D eigenvalue weighted by Crippen LogP contribution is 2.32. The van der Waals surface area contributed by atoms with Crippen LogP contribution in [0.15, 0.2) is 87.8 Å². The van der Waals surface area contributed by atoms with Crippen LogP contribution < -0.4 is 29.1 Å². The summed E-state index contributed by atoms with van der Waals surface area (Å²) in [4.78, 5) is 32.2. The Morgan fingerprint density at radius 3 is 2.42 bits per heavy atom. The zero-order chi connectivity index (χ0) is 30.5. The molecule has 0 saturated heterocycles. The number of ether oxygens (including phenoxy) is 4. The maximum atomic E-state index is 13.9. The topological polar surface area (TPSA) is 88.4 Å². The number of esters is 1. The van der Waals surface area contributed by atoms with Gasteiger partial charge in [-0.05, 0) is 79.9 Å². The molecular formula is C33H31ClN2O6S. The molecular weight excluding hydrogens is 588 g/mol. The second-order valence-corrected chi connectivity index (χ2v) is 11.1. The number of rotatable bonds is 10. The Hall–Kier alpha value is -4.34. The molecule has 222 valence electrons. The number of halogens is 1. The van der Waals surface area contributed by atoms with E-state index in [0.717, 1.165) is 16.7 Å². The number of allylic oxidation sites excluding steroid dienone is 1. The maximum absolute atomic E-state index is 13.9. The first-order valence-electron chi connectivity index (χ1n) is 13.8. The fourth-order valence-corrected chi connectivity index (χ4v) is 5.98. The van der Waals surface area contributed by atoms with Gasteiger partial charge in [0.2, 0.25) is 0 Å². The Morgan fingerprint density at radius 2 is 1.74 bits per heavy atom. The van der Waals surface area contributed by atoms with Crippen LogP contribution in [0, 0.1) is 0 Å². The van der Waals surface area contributed by atoms with Gasteiger partial charge < -0.3 is 18.9 Å². The highest BCUT2D eigenvalue weighted by atomic mass is 35.5. The zero-order valence-corrected chi connectivity index (χ0v) is 25.8. The van der Waals surface area contributed by atoms with E-state index in [9.17, 15) is 9.59 Å². The molecule has 43 heavy (non-hydrogen) atoms. The molecule has 5 rings (SSSR count). The Morgan fingerprint density at radius 1 is 1.00 bits per heavy atom. The van der Waals surface area contributed by atoms with Crippen molar-refractivity contribution in [2.75, 3.05) is 20.3 Å². The number of carbonyl (C=O) groups excluding carboxylic acids is 1. The van der Waals surface area contributed by atoms with Gasteiger partial charge in [0.1, 0.15) is 12.4 Å². The van der Waals surface area contributed by atoms with Crippen molar-refractivity contribution >= 4 is 35.0 Å². The molecule has 10 heteroatoms. The van der Waals surface area contributed by atoms with Crippen LogP contribution in [-0.4, -0.2) is 30.9 Å². The lowest BCUT2D eigenvalue weighted by Crippen LogP contribution is -2.39. The largest absolute Gasteiger partial charge is 0.494 e. The van der Waals surface area contributed by atoms with Crippen molar-refractivity contribution in [2.45, 2.75) is 33.4 Å². The average Bonchev–Trinajstić information content (AvgIpc) is 3.31. The smallest absolute Gasteiger partial charge is 0.338 e. The fourth-order valence-electron chi connectivity index (χ4n) is 4.81. The van der Waals surface area contributed by atoms with Gasteiger partial charge >= 0.3 is 5.97 Å². The minimum absolute atomic E-state index is 0.206. The Balaban J connectivity index is 1.53. The van der Waals surface area contributed by atoms with Gasteiger partial charge in [0.15, 0.2) is 16.3 Å². The Bertz CT molecular complexity index is 1840. The van der Waals surface area contributed by atoms with Crippen LogP contribution >= 0.6 is 22.9 Å². The summed E-state index contributed by atoms with van der Waals surface area (Å²) < 4.78 is 24.6. The highest BCUT2D eigenvalue weighted by Gasteiger charge is 2.33. The van der Waals surface area contributed by atoms with E-state index in [1.54, 1.807) is 31.6 Å². The minimum Gasteiger partial charge on any atom is -0.494 e. The molecule has 3 aromatic carbocycles. The van der Waals surface area contributed by atoms with Crippen molar-refractivity contribution in [1.82, 2.24) is 4.57 Å². The zero-order valence-electron chi connectivity index (χ0n) is 24.3. The number of thiazole rings is 1. The van der Waals surface area contributed by atoms with Gasteiger partial charge in [-0.3, -0.25) is 9.36 Å². The number of fused-ring (bicyclic) bond motifs is 1. The Kier molecular flexibility index (Phi) is 9.33. The molecule has 2 heterocycles. The second-order valence-electron chi connectivity index (χ2n) is 9.63. The van der Waals surface area contributed by atoms with Gasteiger partial charge in [-0.1, -0.05) is 53.3 Å². The number of nitrogens with zero attached hydrogens (tertiary/aromatic N) is 2. The lowest BCUT2D eigenvalue weighted by Gasteiger charge is -2.24. The summed E-state index contributed by atoms with van der Waals surface area (Å²) in [5.41, 5.74) is 3.04. The summed E-state index contributed by atoms with van der Waals surface area (Å²) in [5.74, 6) is 1.30. The lowest BCUT2D eigenvalue weighted by atomic mass is 9.96. The summed E-state index contributed by atoms with van der Waals surface area (Å²) in [6.45, 7) is 6.50. The van der Waals surface area contributed by atoms with Crippen LogP contribution in [0.1, 0.15) is 43.5 Å². The molecule has 0 bridgehead atoms. The molecule has 0 amide bonds. The van der Waals surface area contributed by atoms with E-state index in [1.165, 1.54) is 11.3 Å². The molecule has 1 aromatic heterocycles. The SMILES string of the molecule is CCOC(=O)C1=C(C)N=c2s/c(=C\c3ccc(OCc4ccc(Cl)cc4)c(OC)c3)c(=O)n2[C@H]1c1ccc(OCC)cc1. The normalized spacial score (nSPS) is 14.6. The van der Waals surface area contributed by atoms with Gasteiger partial charge in [0.05, 0.1) is 42.2 Å². The van der Waals surface area contributed by atoms with Crippen molar-refractivity contribution in [2.24, 2.45) is 4.99 Å². The van der Waals surface area contributed by atoms with Gasteiger partial charge in [-0.2, -0.15) is 0 Å². The van der Waals surface area contributed by atoms with E-state index >= 15 is 0 Å². The number of methoxy groups -OCH3 is 1. The first-order valence-corrected chi connectivity index (χ1v) is 15.0. The number of aromatic nitrogens is 1. The monoisotopic (exact) mass is 618 g/mol. The van der Waals surface area contributed by atoms with Crippen molar-refractivity contribution < 1.29 is 23.7 Å². The van der Waals surface area contributed by atoms with Gasteiger partial charge in [-0.15, -0.1) is 0 Å². The van der Waals surface area contributed by atoms with Crippen LogP contribution in [0.25, 0.3) is 6.08 Å². The number of benzene rings is 3. The van der Waals surface area contributed by atoms with Crippen molar-refractivity contribution in [3.8, 4) is 17.2 Å². The van der Waals surface area contributed by atoms with E-state index in [0.29, 0.717) is 56.1 Å². The predicted molar refractivity (Wildman–Crippen MR) is 167 cm³/mol. The number of hydrogen-bond acceptors (Lipinski definition) is 8. The lowest BCUT2D eigenvalue weighted by molar-refractivity contribution is -0.139. The molecule has 1 aliphatic heterocycles. The summed E-state index contributed by atoms with van der Waals surface area (Å²) in [6, 6.07) is 19.6. The third kappa shape index (κ3) is 6.53. The van der Waals surface area contributed by atoms with Gasteiger partial charge in [0, 0.05) is 5.02 Å². The molecule has 1 atom stereocenters. The molecule has 0 spiro atoms. The average molecular weight is 619 g/mol. The summed E-state index contributed by atoms with van der Waals surface area (Å²) in [7, 11) is 1.57. The molecule has 0 N–H and O–H groups in total. The molecule has 0 aliphatic carbocycles. The van der Waals surface area contributed by atoms with Gasteiger partial charge in [-0.25, -0.2) is 9.79 Å². The molecule has 0 radical (unpaired) electrons. The van der Waals surface area contributed by atoms with Crippen LogP contribution in [0.2, 0.25) is 5.02 Å². The first kappa shape index (κ1) is 30.1. The third-order valence-electron chi connectivity index (χ3n) is 6.82. The van der Waals surface area contributed by atoms with Crippen molar-refractivity contribution in [3.05, 3.63) is 119 Å². The van der Waals surface area contributed by atoms with E-state index in [2.05, 4.69) is 4.99 Å². The summed E-state index contributed by atoms with van der Waals surface area (Å²) in [5, 5.41) is 0.661. The Labute approximate surface area is 258 Å². The second kappa shape index (κ2) is 13.3. The quantitative estimate of drug-likeness (QED) is 0.220. The van der Waals surface area contributed by atoms with Crippen LogP contribution in [0.4, 0.5) is 0 Å². The van der Waals surface area contributed by atoms with E-state index in [-0.39, 0.29) is 12.2 Å². The molecule has 8 nitrogen and oxygen atoms in total. The molecule has 0 unspecified atom stereocenters. The van der Waals surface area contributed by atoms with Gasteiger partial charge in [0.25, 0.3) is 5.56 Å². The van der Waals surface area contributed by atoms with Crippen molar-refractivity contribution in [1.29, 1.82) is 0 Å². The molecule has 0 fully saturated rings. The fraction of sp³-hybridized carbons (Fsp3) is 0.242. The van der Waals surface area contributed by atoms with E-state index in [1.807, 2.05) is 73.7 Å².